The quantitative estimate of drug-likeness (QED) is 0.633. The molecule has 0 fully saturated rings. The van der Waals surface area contributed by atoms with Gasteiger partial charge in [-0.1, -0.05) is 24.3 Å². The molecule has 0 spiro atoms. The van der Waals surface area contributed by atoms with Crippen molar-refractivity contribution in [2.24, 2.45) is 5.73 Å². The lowest BCUT2D eigenvalue weighted by molar-refractivity contribution is 0.101. The Labute approximate surface area is 159 Å². The zero-order valence-electron chi connectivity index (χ0n) is 14.8. The normalized spacial score (nSPS) is 11.7. The van der Waals surface area contributed by atoms with Crippen molar-refractivity contribution in [1.82, 2.24) is 14.3 Å². The minimum absolute atomic E-state index is 0.0326. The highest BCUT2D eigenvalue weighted by molar-refractivity contribution is 7.15. The van der Waals surface area contributed by atoms with E-state index in [9.17, 15) is 14.0 Å². The smallest absolute Gasteiger partial charge is 0.327 e. The summed E-state index contributed by atoms with van der Waals surface area (Å²) in [6.07, 6.45) is 1.85. The van der Waals surface area contributed by atoms with E-state index in [1.54, 1.807) is 23.5 Å². The Balaban J connectivity index is 1.75. The molecule has 0 saturated heterocycles. The van der Waals surface area contributed by atoms with Gasteiger partial charge in [0.25, 0.3) is 0 Å². The van der Waals surface area contributed by atoms with E-state index in [1.807, 2.05) is 24.3 Å². The summed E-state index contributed by atoms with van der Waals surface area (Å²) in [4.78, 5) is 25.8. The molecule has 0 atom stereocenters. The van der Waals surface area contributed by atoms with Crippen LogP contribution in [0, 0.1) is 0 Å². The summed E-state index contributed by atoms with van der Waals surface area (Å²) in [5.74, 6) is 0.0326. The third-order valence-corrected chi connectivity index (χ3v) is 5.25. The number of Topliss-reactive ketones (excluding diaryl/α,β-unsaturated/α-hetero) is 1. The highest BCUT2D eigenvalue weighted by Gasteiger charge is 2.10. The summed E-state index contributed by atoms with van der Waals surface area (Å²) in [6, 6.07) is 11.4. The zero-order valence-corrected chi connectivity index (χ0v) is 15.6. The Morgan fingerprint density at radius 3 is 2.63 bits per heavy atom. The maximum absolute atomic E-state index is 12.7. The van der Waals surface area contributed by atoms with Crippen molar-refractivity contribution >= 4 is 17.1 Å². The lowest BCUT2D eigenvalue weighted by Crippen LogP contribution is -2.26. The zero-order chi connectivity index (χ0) is 19.4. The summed E-state index contributed by atoms with van der Waals surface area (Å²) in [5.41, 5.74) is 7.09. The SMILES string of the molecule is CC(=O)c1ccc(-c2ccc(Cn3cnn(C/C(=C/F)CN)c3=O)s2)cc1. The fraction of sp³-hybridized carbons (Fsp3) is 0.211. The van der Waals surface area contributed by atoms with Gasteiger partial charge in [-0.05, 0) is 30.2 Å². The number of nitrogens with two attached hydrogens (primary N) is 1. The van der Waals surface area contributed by atoms with Crippen LogP contribution in [0.4, 0.5) is 4.39 Å². The maximum atomic E-state index is 12.7. The molecule has 2 heterocycles. The van der Waals surface area contributed by atoms with Crippen molar-refractivity contribution in [3.8, 4) is 10.4 Å². The first-order valence-electron chi connectivity index (χ1n) is 8.32. The molecule has 0 amide bonds. The third kappa shape index (κ3) is 4.29. The highest BCUT2D eigenvalue weighted by Crippen LogP contribution is 2.28. The fourth-order valence-electron chi connectivity index (χ4n) is 2.58. The van der Waals surface area contributed by atoms with Gasteiger partial charge in [-0.25, -0.2) is 13.9 Å². The third-order valence-electron chi connectivity index (χ3n) is 4.13. The van der Waals surface area contributed by atoms with E-state index >= 15 is 0 Å². The van der Waals surface area contributed by atoms with Crippen LogP contribution >= 0.6 is 11.3 Å². The molecule has 8 heteroatoms. The minimum atomic E-state index is -0.316. The molecular weight excluding hydrogens is 367 g/mol. The molecule has 27 heavy (non-hydrogen) atoms. The molecule has 2 aromatic heterocycles. The largest absolute Gasteiger partial charge is 0.346 e. The first-order chi connectivity index (χ1) is 13.0. The molecule has 3 aromatic rings. The topological polar surface area (TPSA) is 82.9 Å². The molecular formula is C19H19FN4O2S. The Bertz CT molecular complexity index is 1030. The average molecular weight is 386 g/mol. The van der Waals surface area contributed by atoms with Crippen molar-refractivity contribution in [2.75, 3.05) is 6.54 Å². The van der Waals surface area contributed by atoms with E-state index in [-0.39, 0.29) is 24.6 Å². The number of benzene rings is 1. The molecule has 0 aliphatic rings. The van der Waals surface area contributed by atoms with Crippen LogP contribution in [0.25, 0.3) is 10.4 Å². The first-order valence-corrected chi connectivity index (χ1v) is 9.14. The predicted octanol–water partition coefficient (Wildman–Crippen LogP) is 2.84. The van der Waals surface area contributed by atoms with Gasteiger partial charge in [0.2, 0.25) is 0 Å². The van der Waals surface area contributed by atoms with Gasteiger partial charge in [-0.3, -0.25) is 9.36 Å². The standard InChI is InChI=1S/C19H19FN4O2S/c1-13(25)15-2-4-16(5-3-15)18-7-6-17(27-18)11-23-12-22-24(19(23)26)10-14(8-20)9-21/h2-8,12H,9-11,21H2,1H3/b14-8+. The number of hydrogen-bond acceptors (Lipinski definition) is 5. The molecule has 140 valence electrons. The van der Waals surface area contributed by atoms with Gasteiger partial charge >= 0.3 is 5.69 Å². The van der Waals surface area contributed by atoms with E-state index in [0.29, 0.717) is 24.0 Å². The van der Waals surface area contributed by atoms with Crippen molar-refractivity contribution in [3.05, 3.63) is 75.6 Å². The van der Waals surface area contributed by atoms with Gasteiger partial charge in [0.1, 0.15) is 6.33 Å². The molecule has 6 nitrogen and oxygen atoms in total. The van der Waals surface area contributed by atoms with Crippen LogP contribution in [0.3, 0.4) is 0 Å². The predicted molar refractivity (Wildman–Crippen MR) is 104 cm³/mol. The van der Waals surface area contributed by atoms with Gasteiger partial charge in [-0.2, -0.15) is 5.10 Å². The molecule has 3 rings (SSSR count). The molecule has 0 bridgehead atoms. The molecule has 1 aromatic carbocycles. The van der Waals surface area contributed by atoms with E-state index < -0.39 is 0 Å². The first kappa shape index (κ1) is 18.9. The minimum Gasteiger partial charge on any atom is -0.327 e. The summed E-state index contributed by atoms with van der Waals surface area (Å²) in [6.45, 7) is 1.99. The molecule has 0 aliphatic carbocycles. The average Bonchev–Trinajstić information content (AvgIpc) is 3.28. The number of aromatic nitrogens is 3. The summed E-state index contributed by atoms with van der Waals surface area (Å²) in [5, 5.41) is 4.02. The number of carbonyl (C=O) groups excluding carboxylic acids is 1. The van der Waals surface area contributed by atoms with Crippen LogP contribution in [0.2, 0.25) is 0 Å². The van der Waals surface area contributed by atoms with Gasteiger partial charge in [0.15, 0.2) is 5.78 Å². The fourth-order valence-corrected chi connectivity index (χ4v) is 3.59. The number of nitrogens with zero attached hydrogens (tertiary/aromatic N) is 3. The van der Waals surface area contributed by atoms with E-state index in [1.165, 1.54) is 22.5 Å². The van der Waals surface area contributed by atoms with Crippen LogP contribution in [0.15, 0.2) is 59.4 Å². The van der Waals surface area contributed by atoms with E-state index in [4.69, 9.17) is 5.73 Å². The lowest BCUT2D eigenvalue weighted by Gasteiger charge is -2.01. The van der Waals surface area contributed by atoms with Crippen LogP contribution in [0.5, 0.6) is 0 Å². The number of hydrogen-bond donors (Lipinski definition) is 1. The number of thiophene rings is 1. The monoisotopic (exact) mass is 386 g/mol. The van der Waals surface area contributed by atoms with Crippen LogP contribution in [-0.2, 0) is 13.1 Å². The van der Waals surface area contributed by atoms with Crippen molar-refractivity contribution in [3.63, 3.8) is 0 Å². The number of halogens is 1. The van der Waals surface area contributed by atoms with Crippen molar-refractivity contribution in [1.29, 1.82) is 0 Å². The Morgan fingerprint density at radius 1 is 1.26 bits per heavy atom. The van der Waals surface area contributed by atoms with Gasteiger partial charge in [0.05, 0.1) is 19.4 Å². The molecule has 2 N–H and O–H groups in total. The summed E-state index contributed by atoms with van der Waals surface area (Å²) in [7, 11) is 0. The van der Waals surface area contributed by atoms with Crippen LogP contribution in [-0.4, -0.2) is 26.7 Å². The number of rotatable bonds is 7. The Morgan fingerprint density at radius 2 is 2.00 bits per heavy atom. The lowest BCUT2D eigenvalue weighted by atomic mass is 10.1. The Hall–Kier alpha value is -2.84. The van der Waals surface area contributed by atoms with Gasteiger partial charge in [-0.15, -0.1) is 11.3 Å². The molecule has 0 aliphatic heterocycles. The summed E-state index contributed by atoms with van der Waals surface area (Å²) >= 11 is 1.56. The number of ketones is 1. The van der Waals surface area contributed by atoms with E-state index in [0.717, 1.165) is 15.3 Å². The molecule has 0 saturated carbocycles. The van der Waals surface area contributed by atoms with Crippen LogP contribution < -0.4 is 11.4 Å². The van der Waals surface area contributed by atoms with Crippen molar-refractivity contribution in [2.45, 2.75) is 20.0 Å². The second-order valence-corrected chi connectivity index (χ2v) is 7.24. The highest BCUT2D eigenvalue weighted by atomic mass is 32.1. The second-order valence-electron chi connectivity index (χ2n) is 6.07. The van der Waals surface area contributed by atoms with Gasteiger partial charge < -0.3 is 5.73 Å². The van der Waals surface area contributed by atoms with Crippen molar-refractivity contribution < 1.29 is 9.18 Å². The summed E-state index contributed by atoms with van der Waals surface area (Å²) < 4.78 is 15.3. The molecule has 0 radical (unpaired) electrons. The second kappa shape index (κ2) is 8.24. The molecule has 0 unspecified atom stereocenters. The maximum Gasteiger partial charge on any atom is 0.346 e. The van der Waals surface area contributed by atoms with E-state index in [2.05, 4.69) is 5.10 Å². The Kier molecular flexibility index (Phi) is 5.78. The van der Waals surface area contributed by atoms with Crippen LogP contribution in [0.1, 0.15) is 22.2 Å². The van der Waals surface area contributed by atoms with Gasteiger partial charge in [0, 0.05) is 21.9 Å². The number of carbonyl (C=O) groups is 1.